The van der Waals surface area contributed by atoms with Gasteiger partial charge in [-0.05, 0) is 45.1 Å². The number of nitrogens with zero attached hydrogens (tertiary/aromatic N) is 1. The first-order valence-electron chi connectivity index (χ1n) is 8.37. The van der Waals surface area contributed by atoms with Crippen molar-refractivity contribution < 1.29 is 9.53 Å². The first-order valence-corrected chi connectivity index (χ1v) is 8.37. The highest BCUT2D eigenvalue weighted by atomic mass is 35.5. The number of ether oxygens (including phenoxy) is 1. The van der Waals surface area contributed by atoms with Gasteiger partial charge in [0.2, 0.25) is 5.91 Å². The minimum Gasteiger partial charge on any atom is -0.378 e. The Kier molecular flexibility index (Phi) is 13.1. The molecular weight excluding hydrogens is 288 g/mol. The lowest BCUT2D eigenvalue weighted by atomic mass is 10.1. The third kappa shape index (κ3) is 9.33. The van der Waals surface area contributed by atoms with Crippen LogP contribution in [-0.2, 0) is 9.53 Å². The largest absolute Gasteiger partial charge is 0.378 e. The maximum absolute atomic E-state index is 12.2. The number of carbonyl (C=O) groups excluding carboxylic acids is 1. The molecule has 5 heteroatoms. The topological polar surface area (TPSA) is 55.6 Å². The van der Waals surface area contributed by atoms with E-state index in [1.54, 1.807) is 0 Å². The Morgan fingerprint density at radius 3 is 2.67 bits per heavy atom. The predicted octanol–water partition coefficient (Wildman–Crippen LogP) is 3.13. The lowest BCUT2D eigenvalue weighted by Crippen LogP contribution is -2.32. The zero-order valence-corrected chi connectivity index (χ0v) is 14.3. The van der Waals surface area contributed by atoms with E-state index in [0.29, 0.717) is 18.4 Å². The van der Waals surface area contributed by atoms with Crippen LogP contribution in [0.15, 0.2) is 0 Å². The summed E-state index contributed by atoms with van der Waals surface area (Å²) in [6, 6.07) is 0. The molecule has 1 atom stereocenters. The molecule has 0 radical (unpaired) electrons. The average molecular weight is 321 g/mol. The van der Waals surface area contributed by atoms with Gasteiger partial charge in [-0.25, -0.2) is 0 Å². The Morgan fingerprint density at radius 1 is 1.19 bits per heavy atom. The van der Waals surface area contributed by atoms with Crippen LogP contribution < -0.4 is 5.73 Å². The Balaban J connectivity index is 0.00000400. The van der Waals surface area contributed by atoms with Crippen LogP contribution in [0, 0.1) is 0 Å². The number of likely N-dealkylation sites (tertiary alicyclic amines) is 1. The van der Waals surface area contributed by atoms with Crippen LogP contribution in [0.3, 0.4) is 0 Å². The molecule has 0 aliphatic carbocycles. The van der Waals surface area contributed by atoms with Gasteiger partial charge in [0, 0.05) is 26.1 Å². The molecule has 1 amide bonds. The van der Waals surface area contributed by atoms with E-state index in [2.05, 4.69) is 6.92 Å². The fourth-order valence-corrected chi connectivity index (χ4v) is 2.70. The summed E-state index contributed by atoms with van der Waals surface area (Å²) in [7, 11) is 0. The number of unbranched alkanes of at least 4 members (excludes halogenated alkanes) is 3. The summed E-state index contributed by atoms with van der Waals surface area (Å²) >= 11 is 0. The van der Waals surface area contributed by atoms with E-state index in [1.165, 1.54) is 0 Å². The Morgan fingerprint density at radius 2 is 1.95 bits per heavy atom. The molecule has 0 bridgehead atoms. The molecule has 4 nitrogen and oxygen atoms in total. The van der Waals surface area contributed by atoms with Crippen molar-refractivity contribution in [1.29, 1.82) is 0 Å². The summed E-state index contributed by atoms with van der Waals surface area (Å²) in [5.41, 5.74) is 5.47. The minimum atomic E-state index is 0. The summed E-state index contributed by atoms with van der Waals surface area (Å²) < 4.78 is 5.82. The first kappa shape index (κ1) is 20.7. The van der Waals surface area contributed by atoms with Crippen LogP contribution in [0.4, 0.5) is 0 Å². The summed E-state index contributed by atoms with van der Waals surface area (Å²) in [5, 5.41) is 0. The molecular formula is C16H33ClN2O2. The third-order valence-corrected chi connectivity index (χ3v) is 3.93. The van der Waals surface area contributed by atoms with Crippen molar-refractivity contribution in [3.63, 3.8) is 0 Å². The number of rotatable bonds is 9. The highest BCUT2D eigenvalue weighted by Gasteiger charge is 2.20. The minimum absolute atomic E-state index is 0. The average Bonchev–Trinajstić information content (AvgIpc) is 2.70. The van der Waals surface area contributed by atoms with Crippen LogP contribution in [-0.4, -0.2) is 43.2 Å². The van der Waals surface area contributed by atoms with Crippen molar-refractivity contribution in [2.75, 3.05) is 26.2 Å². The number of halogens is 1. The number of hydrogen-bond acceptors (Lipinski definition) is 3. The number of carbonyl (C=O) groups is 1. The molecule has 1 saturated heterocycles. The van der Waals surface area contributed by atoms with Gasteiger partial charge in [-0.2, -0.15) is 0 Å². The van der Waals surface area contributed by atoms with Crippen molar-refractivity contribution in [2.24, 2.45) is 5.73 Å². The van der Waals surface area contributed by atoms with Crippen LogP contribution in [0.5, 0.6) is 0 Å². The Hall–Kier alpha value is -0.320. The molecule has 1 rings (SSSR count). The summed E-state index contributed by atoms with van der Waals surface area (Å²) in [6.07, 6.45) is 9.66. The van der Waals surface area contributed by atoms with E-state index in [4.69, 9.17) is 10.5 Å². The van der Waals surface area contributed by atoms with E-state index in [-0.39, 0.29) is 12.4 Å². The molecule has 1 heterocycles. The molecule has 126 valence electrons. The number of amides is 1. The number of nitrogens with two attached hydrogens (primary N) is 1. The van der Waals surface area contributed by atoms with E-state index in [0.717, 1.165) is 77.6 Å². The molecule has 1 aliphatic rings. The van der Waals surface area contributed by atoms with E-state index in [9.17, 15) is 4.79 Å². The fourth-order valence-electron chi connectivity index (χ4n) is 2.70. The lowest BCUT2D eigenvalue weighted by molar-refractivity contribution is -0.131. The zero-order valence-electron chi connectivity index (χ0n) is 13.5. The molecule has 21 heavy (non-hydrogen) atoms. The van der Waals surface area contributed by atoms with Crippen LogP contribution in [0.25, 0.3) is 0 Å². The molecule has 1 fully saturated rings. The predicted molar refractivity (Wildman–Crippen MR) is 89.8 cm³/mol. The molecule has 0 aromatic heterocycles. The zero-order chi connectivity index (χ0) is 14.6. The van der Waals surface area contributed by atoms with E-state index >= 15 is 0 Å². The second-order valence-electron chi connectivity index (χ2n) is 5.76. The van der Waals surface area contributed by atoms with Gasteiger partial charge in [-0.15, -0.1) is 12.4 Å². The maximum Gasteiger partial charge on any atom is 0.222 e. The van der Waals surface area contributed by atoms with Crippen molar-refractivity contribution >= 4 is 18.3 Å². The fraction of sp³-hybridized carbons (Fsp3) is 0.938. The van der Waals surface area contributed by atoms with Gasteiger partial charge in [0.25, 0.3) is 0 Å². The van der Waals surface area contributed by atoms with E-state index < -0.39 is 0 Å². The molecule has 2 N–H and O–H groups in total. The number of hydrogen-bond donors (Lipinski definition) is 1. The van der Waals surface area contributed by atoms with Crippen LogP contribution >= 0.6 is 12.4 Å². The quantitative estimate of drug-likeness (QED) is 0.664. The second kappa shape index (κ2) is 13.4. The Bertz CT molecular complexity index is 265. The Labute approximate surface area is 136 Å². The second-order valence-corrected chi connectivity index (χ2v) is 5.76. The van der Waals surface area contributed by atoms with Crippen LogP contribution in [0.2, 0.25) is 0 Å². The van der Waals surface area contributed by atoms with E-state index in [1.807, 2.05) is 4.90 Å². The SMILES string of the molecule is CCCOC1CCCN(C(=O)CCCCCCN)CC1.Cl. The summed E-state index contributed by atoms with van der Waals surface area (Å²) in [5.74, 6) is 0.328. The van der Waals surface area contributed by atoms with Crippen molar-refractivity contribution in [1.82, 2.24) is 4.90 Å². The smallest absolute Gasteiger partial charge is 0.222 e. The molecule has 1 aliphatic heterocycles. The van der Waals surface area contributed by atoms with Crippen molar-refractivity contribution in [3.8, 4) is 0 Å². The molecule has 1 unspecified atom stereocenters. The third-order valence-electron chi connectivity index (χ3n) is 3.93. The standard InChI is InChI=1S/C16H32N2O2.ClH/c1-2-14-20-15-8-7-12-18(13-10-15)16(19)9-5-3-4-6-11-17;/h15H,2-14,17H2,1H3;1H. The summed E-state index contributed by atoms with van der Waals surface area (Å²) in [6.45, 7) is 5.53. The molecule has 0 saturated carbocycles. The molecule has 0 aromatic rings. The van der Waals surface area contributed by atoms with Gasteiger partial charge in [-0.1, -0.05) is 19.8 Å². The van der Waals surface area contributed by atoms with Crippen molar-refractivity contribution in [3.05, 3.63) is 0 Å². The van der Waals surface area contributed by atoms with Gasteiger partial charge < -0.3 is 15.4 Å². The summed E-state index contributed by atoms with van der Waals surface area (Å²) in [4.78, 5) is 14.2. The van der Waals surface area contributed by atoms with Gasteiger partial charge in [-0.3, -0.25) is 4.79 Å². The highest BCUT2D eigenvalue weighted by molar-refractivity contribution is 5.85. The maximum atomic E-state index is 12.2. The van der Waals surface area contributed by atoms with Crippen LogP contribution in [0.1, 0.15) is 64.7 Å². The highest BCUT2D eigenvalue weighted by Crippen LogP contribution is 2.16. The lowest BCUT2D eigenvalue weighted by Gasteiger charge is -2.20. The first-order chi connectivity index (χ1) is 9.77. The van der Waals surface area contributed by atoms with Gasteiger partial charge >= 0.3 is 0 Å². The monoisotopic (exact) mass is 320 g/mol. The normalized spacial score (nSPS) is 19.0. The van der Waals surface area contributed by atoms with Gasteiger partial charge in [0.1, 0.15) is 0 Å². The van der Waals surface area contributed by atoms with Crippen molar-refractivity contribution in [2.45, 2.75) is 70.8 Å². The van der Waals surface area contributed by atoms with Gasteiger partial charge in [0.05, 0.1) is 6.10 Å². The van der Waals surface area contributed by atoms with Gasteiger partial charge in [0.15, 0.2) is 0 Å². The molecule has 0 aromatic carbocycles. The molecule has 0 spiro atoms.